The summed E-state index contributed by atoms with van der Waals surface area (Å²) in [5.74, 6) is 0. The average molecular weight is 419 g/mol. The minimum Gasteiger partial charge on any atom is -0.395 e. The van der Waals surface area contributed by atoms with Crippen molar-refractivity contribution in [2.75, 3.05) is 19.7 Å². The zero-order chi connectivity index (χ0) is 21.1. The molecule has 0 spiro atoms. The van der Waals surface area contributed by atoms with E-state index in [9.17, 15) is 5.11 Å². The molecule has 0 bridgehead atoms. The molecule has 0 aliphatic carbocycles. The lowest BCUT2D eigenvalue weighted by atomic mass is 10.1. The number of likely N-dealkylation sites (tertiary alicyclic amines) is 1. The topological polar surface area (TPSA) is 35.5 Å². The number of allylic oxidation sites excluding steroid dienone is 4. The average Bonchev–Trinajstić information content (AvgIpc) is 3.33. The Balaban J connectivity index is 1.82. The Labute approximate surface area is 182 Å². The van der Waals surface area contributed by atoms with Gasteiger partial charge in [-0.05, 0) is 90.6 Å². The molecule has 3 unspecified atom stereocenters. The number of hydrogen-bond acceptors (Lipinski definition) is 4. The van der Waals surface area contributed by atoms with Crippen molar-refractivity contribution in [1.29, 1.82) is 0 Å². The van der Waals surface area contributed by atoms with E-state index in [0.29, 0.717) is 18.1 Å². The van der Waals surface area contributed by atoms with E-state index in [0.717, 1.165) is 38.8 Å². The first-order chi connectivity index (χ1) is 14.0. The molecule has 0 saturated carbocycles. The van der Waals surface area contributed by atoms with Gasteiger partial charge in [-0.3, -0.25) is 4.90 Å². The maximum absolute atomic E-state index is 9.68. The molecule has 3 nitrogen and oxygen atoms in total. The van der Waals surface area contributed by atoms with Gasteiger partial charge in [0.2, 0.25) is 0 Å². The summed E-state index contributed by atoms with van der Waals surface area (Å²) in [6, 6.07) is 5.69. The first-order valence-electron chi connectivity index (χ1n) is 11.4. The van der Waals surface area contributed by atoms with Gasteiger partial charge >= 0.3 is 0 Å². The summed E-state index contributed by atoms with van der Waals surface area (Å²) in [5, 5.41) is 15.8. The molecule has 1 aliphatic rings. The fraction of sp³-hybridized carbons (Fsp3) is 0.680. The highest BCUT2D eigenvalue weighted by atomic mass is 32.1. The molecule has 0 amide bonds. The predicted molar refractivity (Wildman–Crippen MR) is 128 cm³/mol. The third-order valence-corrected chi connectivity index (χ3v) is 6.80. The fourth-order valence-corrected chi connectivity index (χ4v) is 5.02. The van der Waals surface area contributed by atoms with Crippen molar-refractivity contribution >= 4 is 11.3 Å². The van der Waals surface area contributed by atoms with Crippen LogP contribution in [0.25, 0.3) is 0 Å². The summed E-state index contributed by atoms with van der Waals surface area (Å²) in [6.45, 7) is 11.4. The van der Waals surface area contributed by atoms with Crippen LogP contribution < -0.4 is 5.32 Å². The van der Waals surface area contributed by atoms with Crippen LogP contribution in [0.1, 0.15) is 71.1 Å². The van der Waals surface area contributed by atoms with Crippen molar-refractivity contribution in [2.24, 2.45) is 0 Å². The van der Waals surface area contributed by atoms with Crippen LogP contribution in [0.2, 0.25) is 0 Å². The van der Waals surface area contributed by atoms with Gasteiger partial charge in [-0.15, -0.1) is 11.3 Å². The summed E-state index contributed by atoms with van der Waals surface area (Å²) in [7, 11) is 0. The number of rotatable bonds is 13. The van der Waals surface area contributed by atoms with Gasteiger partial charge in [0.25, 0.3) is 0 Å². The lowest BCUT2D eigenvalue weighted by molar-refractivity contribution is 0.145. The summed E-state index contributed by atoms with van der Waals surface area (Å²) >= 11 is 1.85. The molecule has 1 aromatic rings. The van der Waals surface area contributed by atoms with Crippen molar-refractivity contribution in [3.8, 4) is 0 Å². The van der Waals surface area contributed by atoms with Crippen LogP contribution in [0.4, 0.5) is 0 Å². The van der Waals surface area contributed by atoms with Crippen molar-refractivity contribution in [3.05, 3.63) is 45.7 Å². The van der Waals surface area contributed by atoms with E-state index in [4.69, 9.17) is 0 Å². The van der Waals surface area contributed by atoms with E-state index in [-0.39, 0.29) is 6.61 Å². The molecule has 2 N–H and O–H groups in total. The normalized spacial score (nSPS) is 20.0. The van der Waals surface area contributed by atoms with Gasteiger partial charge in [0.15, 0.2) is 0 Å². The number of nitrogens with zero attached hydrogens (tertiary/aromatic N) is 1. The number of hydrogen-bond donors (Lipinski definition) is 2. The third-order valence-electron chi connectivity index (χ3n) is 5.90. The summed E-state index contributed by atoms with van der Waals surface area (Å²) in [4.78, 5) is 3.94. The lowest BCUT2D eigenvalue weighted by Crippen LogP contribution is -2.47. The number of aliphatic hydroxyl groups excluding tert-OH is 1. The quantitative estimate of drug-likeness (QED) is 0.411. The smallest absolute Gasteiger partial charge is 0.0586 e. The van der Waals surface area contributed by atoms with Crippen LogP contribution in [0.15, 0.2) is 40.8 Å². The molecule has 2 heterocycles. The van der Waals surface area contributed by atoms with E-state index < -0.39 is 0 Å². The molecule has 29 heavy (non-hydrogen) atoms. The van der Waals surface area contributed by atoms with E-state index in [2.05, 4.69) is 67.6 Å². The Morgan fingerprint density at radius 3 is 2.83 bits per heavy atom. The van der Waals surface area contributed by atoms with Gasteiger partial charge in [-0.1, -0.05) is 29.4 Å². The van der Waals surface area contributed by atoms with Crippen LogP contribution >= 0.6 is 11.3 Å². The van der Waals surface area contributed by atoms with Crippen LogP contribution in [-0.4, -0.2) is 47.8 Å². The SMILES string of the molecule is CC(C)=CCC/C(C)=C/CCC(C)NC(Cc1cccs1)CN1CCCC1CO. The number of thiophene rings is 1. The van der Waals surface area contributed by atoms with E-state index in [1.165, 1.54) is 35.3 Å². The molecule has 4 heteroatoms. The maximum atomic E-state index is 9.68. The van der Waals surface area contributed by atoms with Crippen LogP contribution in [0, 0.1) is 0 Å². The van der Waals surface area contributed by atoms with Crippen molar-refractivity contribution in [1.82, 2.24) is 10.2 Å². The molecule has 1 fully saturated rings. The Bertz CT molecular complexity index is 619. The Hall–Kier alpha value is -0.940. The molecule has 1 aliphatic heterocycles. The van der Waals surface area contributed by atoms with Gasteiger partial charge in [-0.2, -0.15) is 0 Å². The van der Waals surface area contributed by atoms with Gasteiger partial charge in [0.05, 0.1) is 6.61 Å². The second-order valence-electron chi connectivity index (χ2n) is 8.97. The Morgan fingerprint density at radius 1 is 1.31 bits per heavy atom. The second kappa shape index (κ2) is 13.4. The molecular formula is C25H42N2OS. The minimum absolute atomic E-state index is 0.290. The van der Waals surface area contributed by atoms with E-state index in [1.807, 2.05) is 11.3 Å². The molecular weight excluding hydrogens is 376 g/mol. The minimum atomic E-state index is 0.290. The summed E-state index contributed by atoms with van der Waals surface area (Å²) in [6.07, 6.45) is 12.8. The standard InChI is InChI=1S/C25H42N2OS/c1-20(2)9-5-10-21(3)11-6-12-22(4)26-23(17-25-14-8-16-29-25)18-27-15-7-13-24(27)19-28/h8-9,11,14,16,22-24,26,28H,5-7,10,12-13,15,17-19H2,1-4H3/b21-11+. The van der Waals surface area contributed by atoms with Crippen molar-refractivity contribution in [2.45, 2.75) is 90.8 Å². The second-order valence-corrected chi connectivity index (χ2v) is 10.0. The Morgan fingerprint density at radius 2 is 2.14 bits per heavy atom. The van der Waals surface area contributed by atoms with Crippen molar-refractivity contribution < 1.29 is 5.11 Å². The van der Waals surface area contributed by atoms with E-state index in [1.54, 1.807) is 0 Å². The summed E-state index contributed by atoms with van der Waals surface area (Å²) < 4.78 is 0. The van der Waals surface area contributed by atoms with Crippen LogP contribution in [-0.2, 0) is 6.42 Å². The molecule has 1 saturated heterocycles. The van der Waals surface area contributed by atoms with Gasteiger partial charge in [0, 0.05) is 29.5 Å². The molecule has 1 aromatic heterocycles. The Kier molecular flexibility index (Phi) is 11.2. The van der Waals surface area contributed by atoms with Gasteiger partial charge in [0.1, 0.15) is 0 Å². The highest BCUT2D eigenvalue weighted by Gasteiger charge is 2.26. The zero-order valence-electron chi connectivity index (χ0n) is 19.0. The van der Waals surface area contributed by atoms with Crippen molar-refractivity contribution in [3.63, 3.8) is 0 Å². The van der Waals surface area contributed by atoms with Gasteiger partial charge < -0.3 is 10.4 Å². The highest BCUT2D eigenvalue weighted by Crippen LogP contribution is 2.19. The third kappa shape index (κ3) is 9.61. The molecule has 164 valence electrons. The molecule has 3 atom stereocenters. The predicted octanol–water partition coefficient (Wildman–Crippen LogP) is 5.57. The largest absolute Gasteiger partial charge is 0.395 e. The van der Waals surface area contributed by atoms with E-state index >= 15 is 0 Å². The molecule has 0 aromatic carbocycles. The fourth-order valence-electron chi connectivity index (χ4n) is 4.23. The number of nitrogens with one attached hydrogen (secondary N) is 1. The number of aliphatic hydroxyl groups is 1. The summed E-state index contributed by atoms with van der Waals surface area (Å²) in [5.41, 5.74) is 2.92. The van der Waals surface area contributed by atoms with Crippen LogP contribution in [0.3, 0.4) is 0 Å². The monoisotopic (exact) mass is 418 g/mol. The van der Waals surface area contributed by atoms with Gasteiger partial charge in [-0.25, -0.2) is 0 Å². The zero-order valence-corrected chi connectivity index (χ0v) is 19.8. The molecule has 0 radical (unpaired) electrons. The maximum Gasteiger partial charge on any atom is 0.0586 e. The van der Waals surface area contributed by atoms with Crippen LogP contribution in [0.5, 0.6) is 0 Å². The lowest BCUT2D eigenvalue weighted by Gasteiger charge is -2.30. The first-order valence-corrected chi connectivity index (χ1v) is 12.3. The molecule has 2 rings (SSSR count). The highest BCUT2D eigenvalue weighted by molar-refractivity contribution is 7.09. The first kappa shape index (κ1) is 24.3.